The summed E-state index contributed by atoms with van der Waals surface area (Å²) in [6.07, 6.45) is -8.96. The third-order valence-corrected chi connectivity index (χ3v) is 5.96. The van der Waals surface area contributed by atoms with Crippen molar-refractivity contribution in [2.45, 2.75) is 31.8 Å². The molecule has 3 heterocycles. The molecule has 0 spiro atoms. The molecule has 2 amide bonds. The smallest absolute Gasteiger partial charge is 0.433 e. The molecule has 1 fully saturated rings. The van der Waals surface area contributed by atoms with E-state index in [1.165, 1.54) is 0 Å². The van der Waals surface area contributed by atoms with Gasteiger partial charge in [0.2, 0.25) is 11.8 Å². The molecular formula is C24H18F7N7O3. The molecule has 2 N–H and O–H groups in total. The van der Waals surface area contributed by atoms with Gasteiger partial charge in [-0.25, -0.2) is 14.4 Å². The topological polar surface area (TPSA) is 135 Å². The summed E-state index contributed by atoms with van der Waals surface area (Å²) in [5, 5.41) is 17.9. The lowest BCUT2D eigenvalue weighted by molar-refractivity contribution is -0.234. The number of ether oxygens (including phenoxy) is 1. The fraction of sp³-hybridized carbons (Fsp3) is 0.333. The maximum atomic E-state index is 14.6. The van der Waals surface area contributed by atoms with E-state index in [0.29, 0.717) is 30.7 Å². The van der Waals surface area contributed by atoms with Gasteiger partial charge in [-0.3, -0.25) is 9.59 Å². The first kappa shape index (κ1) is 29.2. The predicted molar refractivity (Wildman–Crippen MR) is 125 cm³/mol. The first-order chi connectivity index (χ1) is 19.0. The number of nitrogens with one attached hydrogen (secondary N) is 2. The summed E-state index contributed by atoms with van der Waals surface area (Å²) in [5.74, 6) is -6.61. The van der Waals surface area contributed by atoms with Crippen LogP contribution in [0.2, 0.25) is 0 Å². The SMILES string of the molecule is CC(C)(Oc1cc(F)cc(-c2cc(NC(=O)[C@H]3CNC(=O)[C@@H]3C#N)nn2-c2nccc(C(F)(F)F)n2)c1)C(F)(F)F. The van der Waals surface area contributed by atoms with Crippen molar-refractivity contribution in [3.63, 3.8) is 0 Å². The first-order valence-electron chi connectivity index (χ1n) is 11.6. The lowest BCUT2D eigenvalue weighted by atomic mass is 9.96. The fourth-order valence-electron chi connectivity index (χ4n) is 3.76. The number of alkyl halides is 6. The maximum Gasteiger partial charge on any atom is 0.433 e. The summed E-state index contributed by atoms with van der Waals surface area (Å²) in [5.41, 5.74) is -4.57. The van der Waals surface area contributed by atoms with Crippen molar-refractivity contribution < 1.29 is 45.1 Å². The lowest BCUT2D eigenvalue weighted by Gasteiger charge is -2.29. The molecule has 0 aliphatic carbocycles. The number of halogens is 7. The molecule has 3 aromatic rings. The van der Waals surface area contributed by atoms with Gasteiger partial charge in [0.15, 0.2) is 11.4 Å². The number of nitriles is 1. The van der Waals surface area contributed by atoms with Crippen LogP contribution in [0.3, 0.4) is 0 Å². The van der Waals surface area contributed by atoms with E-state index < -0.39 is 64.8 Å². The van der Waals surface area contributed by atoms with E-state index in [-0.39, 0.29) is 23.6 Å². The molecule has 0 unspecified atom stereocenters. The van der Waals surface area contributed by atoms with Gasteiger partial charge in [0.05, 0.1) is 17.7 Å². The Balaban J connectivity index is 1.80. The second kappa shape index (κ2) is 10.3. The van der Waals surface area contributed by atoms with Crippen LogP contribution in [0.1, 0.15) is 19.5 Å². The van der Waals surface area contributed by atoms with Crippen LogP contribution in [0, 0.1) is 29.0 Å². The average Bonchev–Trinajstić information content (AvgIpc) is 3.45. The van der Waals surface area contributed by atoms with Crippen molar-refractivity contribution in [2.24, 2.45) is 11.8 Å². The Kier molecular flexibility index (Phi) is 7.37. The highest BCUT2D eigenvalue weighted by Gasteiger charge is 2.50. The second-order valence-electron chi connectivity index (χ2n) is 9.30. The molecule has 4 rings (SSSR count). The fourth-order valence-corrected chi connectivity index (χ4v) is 3.76. The molecule has 0 saturated carbocycles. The molecule has 216 valence electrons. The van der Waals surface area contributed by atoms with Crippen molar-refractivity contribution in [1.82, 2.24) is 25.1 Å². The van der Waals surface area contributed by atoms with E-state index in [0.717, 1.165) is 24.4 Å². The highest BCUT2D eigenvalue weighted by Crippen LogP contribution is 2.37. The van der Waals surface area contributed by atoms with Crippen molar-refractivity contribution in [3.05, 3.63) is 48.0 Å². The Bertz CT molecular complexity index is 1540. The summed E-state index contributed by atoms with van der Waals surface area (Å²) < 4.78 is 100. The van der Waals surface area contributed by atoms with Crippen LogP contribution in [-0.4, -0.2) is 49.9 Å². The minimum absolute atomic E-state index is 0.174. The number of amides is 2. The van der Waals surface area contributed by atoms with Crippen molar-refractivity contribution >= 4 is 17.6 Å². The number of hydrogen-bond donors (Lipinski definition) is 2. The van der Waals surface area contributed by atoms with Crippen LogP contribution in [0.15, 0.2) is 36.5 Å². The summed E-state index contributed by atoms with van der Waals surface area (Å²) >= 11 is 0. The minimum Gasteiger partial charge on any atom is -0.478 e. The molecule has 2 aromatic heterocycles. The van der Waals surface area contributed by atoms with Crippen molar-refractivity contribution in [1.29, 1.82) is 5.26 Å². The number of anilines is 1. The molecular weight excluding hydrogens is 567 g/mol. The summed E-state index contributed by atoms with van der Waals surface area (Å²) in [7, 11) is 0. The number of carbonyl (C=O) groups is 2. The van der Waals surface area contributed by atoms with Crippen LogP contribution in [0.5, 0.6) is 5.75 Å². The van der Waals surface area contributed by atoms with Crippen LogP contribution in [-0.2, 0) is 15.8 Å². The molecule has 1 aromatic carbocycles. The molecule has 1 saturated heterocycles. The third-order valence-electron chi connectivity index (χ3n) is 5.96. The summed E-state index contributed by atoms with van der Waals surface area (Å²) in [6.45, 7) is 1.25. The van der Waals surface area contributed by atoms with Crippen LogP contribution in [0.4, 0.5) is 36.6 Å². The summed E-state index contributed by atoms with van der Waals surface area (Å²) in [4.78, 5) is 31.8. The Morgan fingerprint density at radius 1 is 1.17 bits per heavy atom. The lowest BCUT2D eigenvalue weighted by Crippen LogP contribution is -2.44. The molecule has 0 radical (unpaired) electrons. The molecule has 10 nitrogen and oxygen atoms in total. The zero-order chi connectivity index (χ0) is 30.3. The number of aromatic nitrogens is 4. The number of hydrogen-bond acceptors (Lipinski definition) is 7. The normalized spacial score (nSPS) is 17.6. The van der Waals surface area contributed by atoms with Gasteiger partial charge in [-0.2, -0.15) is 36.3 Å². The Morgan fingerprint density at radius 3 is 2.51 bits per heavy atom. The highest BCUT2D eigenvalue weighted by atomic mass is 19.4. The first-order valence-corrected chi connectivity index (χ1v) is 11.6. The van der Waals surface area contributed by atoms with Gasteiger partial charge in [-0.05, 0) is 32.0 Å². The van der Waals surface area contributed by atoms with Gasteiger partial charge in [0.1, 0.15) is 23.2 Å². The quantitative estimate of drug-likeness (QED) is 0.417. The summed E-state index contributed by atoms with van der Waals surface area (Å²) in [6, 6.07) is 5.84. The molecule has 0 bridgehead atoms. The number of rotatable bonds is 6. The van der Waals surface area contributed by atoms with E-state index in [1.807, 2.05) is 0 Å². The van der Waals surface area contributed by atoms with Gasteiger partial charge in [-0.1, -0.05) is 0 Å². The highest BCUT2D eigenvalue weighted by molar-refractivity contribution is 5.99. The Hall–Kier alpha value is -4.75. The van der Waals surface area contributed by atoms with Gasteiger partial charge >= 0.3 is 12.4 Å². The zero-order valence-electron chi connectivity index (χ0n) is 20.9. The van der Waals surface area contributed by atoms with Crippen molar-refractivity contribution in [2.75, 3.05) is 11.9 Å². The predicted octanol–water partition coefficient (Wildman–Crippen LogP) is 4.03. The zero-order valence-corrected chi connectivity index (χ0v) is 20.9. The van der Waals surface area contributed by atoms with E-state index in [9.17, 15) is 45.6 Å². The van der Waals surface area contributed by atoms with Gasteiger partial charge in [0.25, 0.3) is 5.95 Å². The van der Waals surface area contributed by atoms with E-state index in [1.54, 1.807) is 6.07 Å². The van der Waals surface area contributed by atoms with Gasteiger partial charge in [-0.15, -0.1) is 5.10 Å². The maximum absolute atomic E-state index is 14.6. The molecule has 17 heteroatoms. The molecule has 41 heavy (non-hydrogen) atoms. The monoisotopic (exact) mass is 585 g/mol. The number of nitrogens with zero attached hydrogens (tertiary/aromatic N) is 5. The van der Waals surface area contributed by atoms with Crippen LogP contribution >= 0.6 is 0 Å². The molecule has 1 aliphatic heterocycles. The Labute approximate surface area is 226 Å². The van der Waals surface area contributed by atoms with Crippen LogP contribution < -0.4 is 15.4 Å². The molecule has 1 aliphatic rings. The minimum atomic E-state index is -4.89. The van der Waals surface area contributed by atoms with Gasteiger partial charge in [0, 0.05) is 30.4 Å². The largest absolute Gasteiger partial charge is 0.478 e. The van der Waals surface area contributed by atoms with Crippen LogP contribution in [0.25, 0.3) is 17.2 Å². The van der Waals surface area contributed by atoms with E-state index in [4.69, 9.17) is 4.74 Å². The van der Waals surface area contributed by atoms with E-state index >= 15 is 0 Å². The van der Waals surface area contributed by atoms with E-state index in [2.05, 4.69) is 25.7 Å². The third kappa shape index (κ3) is 6.05. The van der Waals surface area contributed by atoms with Gasteiger partial charge < -0.3 is 15.4 Å². The number of carbonyl (C=O) groups excluding carboxylic acids is 2. The Morgan fingerprint density at radius 2 is 1.88 bits per heavy atom. The molecule has 2 atom stereocenters. The number of benzene rings is 1. The second-order valence-corrected chi connectivity index (χ2v) is 9.30. The standard InChI is InChI=1S/C24H18F7N7O3/c1-22(2,24(29,30)31)41-13-6-11(5-12(25)7-13)16-8-18(36-20(40)15-10-34-19(39)14(15)9-32)37-38(16)21-33-4-3-17(35-21)23(26,27)28/h3-8,14-15H,10H2,1-2H3,(H,34,39)(H,36,37,40)/t14-,15+/m1/s1. The van der Waals surface area contributed by atoms with Crippen molar-refractivity contribution in [3.8, 4) is 29.0 Å². The average molecular weight is 585 g/mol.